The fraction of sp³-hybridized carbons (Fsp3) is 0.333. The predicted octanol–water partition coefficient (Wildman–Crippen LogP) is 3.03. The van der Waals surface area contributed by atoms with Crippen molar-refractivity contribution in [1.82, 2.24) is 20.2 Å². The Labute approximate surface area is 169 Å². The number of esters is 1. The standard InChI is InChI=1S/C21H24N6O2/c1-14-10-19(24-18-8-9-22-26-18)25-21(23-14)27-12-16(15-6-4-3-5-7-15)11-17(13-27)20(28)29-2/h3-10,16-17H,11-13H2,1-2H3,(H2,22,23,24,25,26)/t16-,17+/m0/s1. The number of methoxy groups -OCH3 is 1. The number of aromatic amines is 1. The highest BCUT2D eigenvalue weighted by atomic mass is 16.5. The smallest absolute Gasteiger partial charge is 0.310 e. The van der Waals surface area contributed by atoms with Crippen molar-refractivity contribution in [3.8, 4) is 0 Å². The lowest BCUT2D eigenvalue weighted by Gasteiger charge is -2.37. The van der Waals surface area contributed by atoms with Gasteiger partial charge in [-0.1, -0.05) is 30.3 Å². The van der Waals surface area contributed by atoms with Crippen LogP contribution in [0.5, 0.6) is 0 Å². The van der Waals surface area contributed by atoms with Gasteiger partial charge in [0.15, 0.2) is 0 Å². The van der Waals surface area contributed by atoms with Crippen molar-refractivity contribution in [3.63, 3.8) is 0 Å². The quantitative estimate of drug-likeness (QED) is 0.644. The average Bonchev–Trinajstić information content (AvgIpc) is 3.26. The van der Waals surface area contributed by atoms with Crippen molar-refractivity contribution < 1.29 is 9.53 Å². The number of carbonyl (C=O) groups excluding carboxylic acids is 1. The van der Waals surface area contributed by atoms with Crippen LogP contribution < -0.4 is 10.2 Å². The first-order valence-electron chi connectivity index (χ1n) is 9.62. The van der Waals surface area contributed by atoms with Gasteiger partial charge in [0, 0.05) is 36.8 Å². The van der Waals surface area contributed by atoms with Gasteiger partial charge in [-0.05, 0) is 18.9 Å². The molecule has 4 rings (SSSR count). The molecular formula is C21H24N6O2. The van der Waals surface area contributed by atoms with Crippen molar-refractivity contribution in [1.29, 1.82) is 0 Å². The predicted molar refractivity (Wildman–Crippen MR) is 110 cm³/mol. The van der Waals surface area contributed by atoms with Crippen LogP contribution in [0.25, 0.3) is 0 Å². The average molecular weight is 392 g/mol. The monoisotopic (exact) mass is 392 g/mol. The van der Waals surface area contributed by atoms with E-state index in [2.05, 4.69) is 42.5 Å². The number of piperidine rings is 1. The molecule has 1 aromatic carbocycles. The van der Waals surface area contributed by atoms with Crippen molar-refractivity contribution in [2.24, 2.45) is 5.92 Å². The largest absolute Gasteiger partial charge is 0.469 e. The molecule has 1 aliphatic heterocycles. The number of H-pyrrole nitrogens is 1. The molecule has 2 atom stereocenters. The van der Waals surface area contributed by atoms with E-state index in [-0.39, 0.29) is 17.8 Å². The fourth-order valence-electron chi connectivity index (χ4n) is 3.79. The number of hydrogen-bond acceptors (Lipinski definition) is 7. The summed E-state index contributed by atoms with van der Waals surface area (Å²) in [4.78, 5) is 23.7. The van der Waals surface area contributed by atoms with Gasteiger partial charge in [0.25, 0.3) is 0 Å². The second kappa shape index (κ2) is 8.30. The van der Waals surface area contributed by atoms with E-state index in [1.54, 1.807) is 6.20 Å². The van der Waals surface area contributed by atoms with Crippen molar-refractivity contribution in [2.45, 2.75) is 19.3 Å². The Morgan fingerprint density at radius 3 is 2.76 bits per heavy atom. The third-order valence-corrected chi connectivity index (χ3v) is 5.14. The zero-order valence-corrected chi connectivity index (χ0v) is 16.5. The fourth-order valence-corrected chi connectivity index (χ4v) is 3.79. The summed E-state index contributed by atoms with van der Waals surface area (Å²) in [5.74, 6) is 1.80. The molecule has 0 radical (unpaired) electrons. The van der Waals surface area contributed by atoms with Gasteiger partial charge in [-0.2, -0.15) is 10.1 Å². The summed E-state index contributed by atoms with van der Waals surface area (Å²) >= 11 is 0. The Morgan fingerprint density at radius 1 is 1.21 bits per heavy atom. The first-order chi connectivity index (χ1) is 14.1. The Morgan fingerprint density at radius 2 is 2.03 bits per heavy atom. The number of aromatic nitrogens is 4. The summed E-state index contributed by atoms with van der Waals surface area (Å²) < 4.78 is 5.05. The van der Waals surface area contributed by atoms with Crippen LogP contribution in [0.15, 0.2) is 48.7 Å². The summed E-state index contributed by atoms with van der Waals surface area (Å²) in [6, 6.07) is 14.0. The van der Waals surface area contributed by atoms with Gasteiger partial charge in [0.05, 0.1) is 19.2 Å². The molecule has 2 aromatic heterocycles. The molecule has 3 heterocycles. The minimum atomic E-state index is -0.230. The van der Waals surface area contributed by atoms with Crippen LogP contribution in [-0.4, -0.2) is 46.3 Å². The Balaban J connectivity index is 1.63. The van der Waals surface area contributed by atoms with Crippen molar-refractivity contribution in [3.05, 3.63) is 59.9 Å². The van der Waals surface area contributed by atoms with E-state index in [9.17, 15) is 4.79 Å². The number of rotatable bonds is 5. The van der Waals surface area contributed by atoms with Crippen molar-refractivity contribution in [2.75, 3.05) is 30.4 Å². The molecular weight excluding hydrogens is 368 g/mol. The van der Waals surface area contributed by atoms with Crippen LogP contribution in [-0.2, 0) is 9.53 Å². The van der Waals surface area contributed by atoms with Crippen LogP contribution in [0, 0.1) is 12.8 Å². The van der Waals surface area contributed by atoms with Crippen LogP contribution in [0.1, 0.15) is 23.6 Å². The summed E-state index contributed by atoms with van der Waals surface area (Å²) in [6.45, 7) is 3.20. The number of ether oxygens (including phenoxy) is 1. The van der Waals surface area contributed by atoms with E-state index in [1.165, 1.54) is 12.7 Å². The maximum absolute atomic E-state index is 12.4. The second-order valence-electron chi connectivity index (χ2n) is 7.26. The molecule has 0 bridgehead atoms. The van der Waals surface area contributed by atoms with Gasteiger partial charge in [-0.3, -0.25) is 9.89 Å². The van der Waals surface area contributed by atoms with Crippen LogP contribution in [0.4, 0.5) is 17.6 Å². The van der Waals surface area contributed by atoms with Gasteiger partial charge >= 0.3 is 5.97 Å². The van der Waals surface area contributed by atoms with Gasteiger partial charge in [-0.25, -0.2) is 4.98 Å². The third kappa shape index (κ3) is 4.37. The van der Waals surface area contributed by atoms with E-state index >= 15 is 0 Å². The zero-order valence-electron chi connectivity index (χ0n) is 16.5. The summed E-state index contributed by atoms with van der Waals surface area (Å²) in [5, 5.41) is 10.0. The number of benzene rings is 1. The van der Waals surface area contributed by atoms with E-state index in [0.29, 0.717) is 18.3 Å². The lowest BCUT2D eigenvalue weighted by atomic mass is 9.84. The molecule has 0 unspecified atom stereocenters. The summed E-state index contributed by atoms with van der Waals surface area (Å²) in [6.07, 6.45) is 2.42. The lowest BCUT2D eigenvalue weighted by Crippen LogP contribution is -2.43. The minimum Gasteiger partial charge on any atom is -0.469 e. The normalized spacial score (nSPS) is 19.0. The molecule has 3 aromatic rings. The van der Waals surface area contributed by atoms with Gasteiger partial charge in [0.2, 0.25) is 5.95 Å². The molecule has 8 nitrogen and oxygen atoms in total. The molecule has 0 spiro atoms. The highest BCUT2D eigenvalue weighted by Gasteiger charge is 2.34. The Hall–Kier alpha value is -3.42. The van der Waals surface area contributed by atoms with Gasteiger partial charge < -0.3 is 15.0 Å². The maximum atomic E-state index is 12.4. The SMILES string of the molecule is COC(=O)[C@@H]1C[C@H](c2ccccc2)CN(c2nc(C)cc(Nc3ccn[nH]3)n2)C1. The highest BCUT2D eigenvalue weighted by Crippen LogP contribution is 2.33. The number of aryl methyl sites for hydroxylation is 1. The Bertz CT molecular complexity index is 961. The molecule has 2 N–H and O–H groups in total. The van der Waals surface area contributed by atoms with E-state index in [0.717, 1.165) is 24.5 Å². The number of anilines is 3. The number of nitrogens with one attached hydrogen (secondary N) is 2. The minimum absolute atomic E-state index is 0.195. The van der Waals surface area contributed by atoms with E-state index in [1.807, 2.05) is 37.3 Å². The second-order valence-corrected chi connectivity index (χ2v) is 7.26. The molecule has 0 aliphatic carbocycles. The van der Waals surface area contributed by atoms with Gasteiger partial charge in [-0.15, -0.1) is 0 Å². The number of nitrogens with zero attached hydrogens (tertiary/aromatic N) is 4. The van der Waals surface area contributed by atoms with Crippen LogP contribution in [0.3, 0.4) is 0 Å². The molecule has 0 amide bonds. The maximum Gasteiger partial charge on any atom is 0.310 e. The van der Waals surface area contributed by atoms with Gasteiger partial charge in [0.1, 0.15) is 11.6 Å². The molecule has 29 heavy (non-hydrogen) atoms. The van der Waals surface area contributed by atoms with Crippen LogP contribution >= 0.6 is 0 Å². The third-order valence-electron chi connectivity index (χ3n) is 5.14. The molecule has 1 fully saturated rings. The molecule has 8 heteroatoms. The Kier molecular flexibility index (Phi) is 5.41. The number of hydrogen-bond donors (Lipinski definition) is 2. The lowest BCUT2D eigenvalue weighted by molar-refractivity contribution is -0.145. The molecule has 150 valence electrons. The van der Waals surface area contributed by atoms with Crippen molar-refractivity contribution >= 4 is 23.6 Å². The number of carbonyl (C=O) groups is 1. The summed E-state index contributed by atoms with van der Waals surface area (Å²) in [7, 11) is 1.44. The molecule has 0 saturated carbocycles. The molecule has 1 saturated heterocycles. The molecule has 1 aliphatic rings. The highest BCUT2D eigenvalue weighted by molar-refractivity contribution is 5.73. The first-order valence-corrected chi connectivity index (χ1v) is 9.62. The van der Waals surface area contributed by atoms with Crippen LogP contribution in [0.2, 0.25) is 0 Å². The summed E-state index contributed by atoms with van der Waals surface area (Å²) in [5.41, 5.74) is 2.04. The topological polar surface area (TPSA) is 96.0 Å². The van der Waals surface area contributed by atoms with E-state index < -0.39 is 0 Å². The first kappa shape index (κ1) is 18.9. The van der Waals surface area contributed by atoms with E-state index in [4.69, 9.17) is 4.74 Å². The zero-order chi connectivity index (χ0) is 20.2.